The number of allylic oxidation sites excluding steroid dienone is 1. The predicted octanol–water partition coefficient (Wildman–Crippen LogP) is 3.27. The van der Waals surface area contributed by atoms with Crippen molar-refractivity contribution in [1.29, 1.82) is 0 Å². The molecule has 0 saturated carbocycles. The molecule has 1 atom stereocenters. The number of nitrogens with zero attached hydrogens (tertiary/aromatic N) is 1. The van der Waals surface area contributed by atoms with E-state index in [0.717, 1.165) is 5.75 Å². The van der Waals surface area contributed by atoms with Gasteiger partial charge < -0.3 is 0 Å². The van der Waals surface area contributed by atoms with Gasteiger partial charge in [-0.05, 0) is 13.3 Å². The highest BCUT2D eigenvalue weighted by molar-refractivity contribution is 8.12. The van der Waals surface area contributed by atoms with Crippen LogP contribution in [0, 0.1) is 0 Å². The average Bonchev–Trinajstić information content (AvgIpc) is 2.56. The lowest BCUT2D eigenvalue weighted by Crippen LogP contribution is -2.04. The summed E-state index contributed by atoms with van der Waals surface area (Å²) in [6, 6.07) is 0.479. The van der Waals surface area contributed by atoms with E-state index in [9.17, 15) is 0 Å². The molecule has 0 aromatic carbocycles. The molecule has 68 valence electrons. The number of hydrogen-bond acceptors (Lipinski definition) is 2. The zero-order valence-corrected chi connectivity index (χ0v) is 8.73. The Labute approximate surface area is 79.3 Å². The molecule has 0 aromatic heterocycles. The summed E-state index contributed by atoms with van der Waals surface area (Å²) in [4.78, 5) is 4.38. The number of unbranched alkanes of at least 4 members (excludes halogenated alkanes) is 2. The van der Waals surface area contributed by atoms with Crippen molar-refractivity contribution in [3.8, 4) is 0 Å². The Morgan fingerprint density at radius 2 is 2.58 bits per heavy atom. The van der Waals surface area contributed by atoms with E-state index < -0.39 is 0 Å². The van der Waals surface area contributed by atoms with E-state index in [1.165, 1.54) is 24.8 Å². The van der Waals surface area contributed by atoms with Crippen LogP contribution in [0.25, 0.3) is 0 Å². The fourth-order valence-electron chi connectivity index (χ4n) is 1.21. The summed E-state index contributed by atoms with van der Waals surface area (Å²) in [5, 5.41) is 0. The minimum atomic E-state index is 0.479. The lowest BCUT2D eigenvalue weighted by atomic mass is 10.1. The molecule has 0 bridgehead atoms. The van der Waals surface area contributed by atoms with Crippen LogP contribution in [0.4, 0.5) is 0 Å². The van der Waals surface area contributed by atoms with Gasteiger partial charge in [0, 0.05) is 5.75 Å². The summed E-state index contributed by atoms with van der Waals surface area (Å²) in [6.07, 6.45) is 6.16. The molecule has 1 aliphatic rings. The van der Waals surface area contributed by atoms with Crippen LogP contribution >= 0.6 is 11.8 Å². The lowest BCUT2D eigenvalue weighted by Gasteiger charge is -2.05. The minimum Gasteiger partial charge on any atom is -0.278 e. The van der Waals surface area contributed by atoms with Crippen molar-refractivity contribution >= 4 is 17.3 Å². The zero-order chi connectivity index (χ0) is 8.81. The van der Waals surface area contributed by atoms with Gasteiger partial charge in [-0.2, -0.15) is 0 Å². The molecule has 1 nitrogen and oxygen atoms in total. The summed E-state index contributed by atoms with van der Waals surface area (Å²) in [6.45, 7) is 4.43. The lowest BCUT2D eigenvalue weighted by molar-refractivity contribution is 0.796. The Balaban J connectivity index is 2.29. The van der Waals surface area contributed by atoms with Crippen molar-refractivity contribution in [2.24, 2.45) is 4.99 Å². The fraction of sp³-hybridized carbons (Fsp3) is 0.700. The normalized spacial score (nSPS) is 23.5. The van der Waals surface area contributed by atoms with Crippen LogP contribution in [0.15, 0.2) is 16.6 Å². The second-order valence-corrected chi connectivity index (χ2v) is 4.07. The summed E-state index contributed by atoms with van der Waals surface area (Å²) in [5.41, 5.74) is 3.42. The standard InChI is InChI=1S/C10H17NS/c1-3-4-5-6-9(2)10-7-12-8-11-10/h6,8,10H,3-5,7H2,1-2H3. The Bertz CT molecular complexity index is 184. The van der Waals surface area contributed by atoms with Crippen molar-refractivity contribution in [3.05, 3.63) is 11.6 Å². The first-order valence-corrected chi connectivity index (χ1v) is 5.69. The summed E-state index contributed by atoms with van der Waals surface area (Å²) < 4.78 is 0. The Morgan fingerprint density at radius 1 is 1.75 bits per heavy atom. The van der Waals surface area contributed by atoms with E-state index in [-0.39, 0.29) is 0 Å². The molecular formula is C10H17NS. The van der Waals surface area contributed by atoms with E-state index in [1.54, 1.807) is 0 Å². The number of hydrogen-bond donors (Lipinski definition) is 0. The van der Waals surface area contributed by atoms with Crippen molar-refractivity contribution in [2.45, 2.75) is 39.2 Å². The Kier molecular flexibility index (Phi) is 4.44. The Morgan fingerprint density at radius 3 is 3.17 bits per heavy atom. The molecule has 0 fully saturated rings. The van der Waals surface area contributed by atoms with E-state index in [4.69, 9.17) is 0 Å². The molecule has 12 heavy (non-hydrogen) atoms. The van der Waals surface area contributed by atoms with Gasteiger partial charge in [0.15, 0.2) is 0 Å². The quantitative estimate of drug-likeness (QED) is 0.481. The highest BCUT2D eigenvalue weighted by Gasteiger charge is 2.11. The molecule has 2 heteroatoms. The molecule has 0 aromatic rings. The van der Waals surface area contributed by atoms with E-state index in [0.29, 0.717) is 6.04 Å². The molecule has 0 spiro atoms. The van der Waals surface area contributed by atoms with Crippen LogP contribution < -0.4 is 0 Å². The molecule has 0 amide bonds. The number of thioether (sulfide) groups is 1. The molecule has 0 N–H and O–H groups in total. The predicted molar refractivity (Wildman–Crippen MR) is 58.0 cm³/mol. The first-order valence-electron chi connectivity index (χ1n) is 4.64. The van der Waals surface area contributed by atoms with Gasteiger partial charge in [0.1, 0.15) is 0 Å². The van der Waals surface area contributed by atoms with E-state index >= 15 is 0 Å². The largest absolute Gasteiger partial charge is 0.278 e. The molecule has 0 aliphatic carbocycles. The van der Waals surface area contributed by atoms with Gasteiger partial charge in [-0.25, -0.2) is 0 Å². The van der Waals surface area contributed by atoms with Crippen LogP contribution in [-0.2, 0) is 0 Å². The van der Waals surface area contributed by atoms with Gasteiger partial charge >= 0.3 is 0 Å². The smallest absolute Gasteiger partial charge is 0.0806 e. The van der Waals surface area contributed by atoms with Crippen molar-refractivity contribution in [1.82, 2.24) is 0 Å². The Hall–Kier alpha value is -0.240. The third-order valence-corrected chi connectivity index (χ3v) is 2.90. The monoisotopic (exact) mass is 183 g/mol. The maximum Gasteiger partial charge on any atom is 0.0806 e. The zero-order valence-electron chi connectivity index (χ0n) is 7.92. The van der Waals surface area contributed by atoms with Gasteiger partial charge in [-0.1, -0.05) is 31.4 Å². The third-order valence-electron chi connectivity index (χ3n) is 2.12. The van der Waals surface area contributed by atoms with Crippen molar-refractivity contribution in [3.63, 3.8) is 0 Å². The summed E-state index contributed by atoms with van der Waals surface area (Å²) >= 11 is 1.82. The minimum absolute atomic E-state index is 0.479. The van der Waals surface area contributed by atoms with Crippen LogP contribution in [0.5, 0.6) is 0 Å². The molecule has 0 saturated heterocycles. The molecule has 1 aliphatic heterocycles. The topological polar surface area (TPSA) is 12.4 Å². The second-order valence-electron chi connectivity index (χ2n) is 3.19. The van der Waals surface area contributed by atoms with Crippen LogP contribution in [0.1, 0.15) is 33.1 Å². The third kappa shape index (κ3) is 3.02. The van der Waals surface area contributed by atoms with Gasteiger partial charge in [0.05, 0.1) is 11.6 Å². The SMILES string of the molecule is CCCCC=C(C)C1CSC=N1. The fourth-order valence-corrected chi connectivity index (χ4v) is 2.06. The molecular weight excluding hydrogens is 166 g/mol. The highest BCUT2D eigenvalue weighted by Crippen LogP contribution is 2.18. The van der Waals surface area contributed by atoms with Crippen molar-refractivity contribution in [2.75, 3.05) is 5.75 Å². The summed E-state index contributed by atoms with van der Waals surface area (Å²) in [5.74, 6) is 1.15. The maximum atomic E-state index is 4.38. The summed E-state index contributed by atoms with van der Waals surface area (Å²) in [7, 11) is 0. The first-order chi connectivity index (χ1) is 5.84. The number of aliphatic imine (C=N–C) groups is 1. The van der Waals surface area contributed by atoms with Crippen LogP contribution in [-0.4, -0.2) is 17.3 Å². The van der Waals surface area contributed by atoms with Gasteiger partial charge in [-0.3, -0.25) is 4.99 Å². The van der Waals surface area contributed by atoms with Crippen molar-refractivity contribution < 1.29 is 0 Å². The maximum absolute atomic E-state index is 4.38. The van der Waals surface area contributed by atoms with Crippen LogP contribution in [0.2, 0.25) is 0 Å². The molecule has 1 rings (SSSR count). The van der Waals surface area contributed by atoms with E-state index in [2.05, 4.69) is 24.9 Å². The number of rotatable bonds is 4. The molecule has 0 radical (unpaired) electrons. The van der Waals surface area contributed by atoms with Gasteiger partial charge in [-0.15, -0.1) is 11.8 Å². The van der Waals surface area contributed by atoms with E-state index in [1.807, 2.05) is 17.3 Å². The van der Waals surface area contributed by atoms with Crippen LogP contribution in [0.3, 0.4) is 0 Å². The molecule has 1 unspecified atom stereocenters. The first kappa shape index (κ1) is 9.85. The van der Waals surface area contributed by atoms with Gasteiger partial charge in [0.25, 0.3) is 0 Å². The average molecular weight is 183 g/mol. The second kappa shape index (κ2) is 5.41. The van der Waals surface area contributed by atoms with Gasteiger partial charge in [0.2, 0.25) is 0 Å². The highest BCUT2D eigenvalue weighted by atomic mass is 32.2. The molecule has 1 heterocycles.